The van der Waals surface area contributed by atoms with Gasteiger partial charge in [-0.1, -0.05) is 97.6 Å². The second kappa shape index (κ2) is 10.5. The Morgan fingerprint density at radius 1 is 0.941 bits per heavy atom. The van der Waals surface area contributed by atoms with Crippen molar-refractivity contribution in [3.05, 3.63) is 69.8 Å². The molecule has 1 unspecified atom stereocenters. The van der Waals surface area contributed by atoms with E-state index in [9.17, 15) is 4.79 Å². The van der Waals surface area contributed by atoms with Crippen molar-refractivity contribution in [1.82, 2.24) is 0 Å². The molecule has 2 nitrogen and oxygen atoms in total. The molecule has 0 heterocycles. The van der Waals surface area contributed by atoms with E-state index >= 15 is 0 Å². The monoisotopic (exact) mass is 460 g/mol. The first kappa shape index (κ1) is 26.3. The largest absolute Gasteiger partial charge is 0.465 e. The van der Waals surface area contributed by atoms with Gasteiger partial charge < -0.3 is 4.74 Å². The summed E-state index contributed by atoms with van der Waals surface area (Å²) in [4.78, 5) is 11.8. The quantitative estimate of drug-likeness (QED) is 0.212. The van der Waals surface area contributed by atoms with Gasteiger partial charge in [0, 0.05) is 0 Å². The topological polar surface area (TPSA) is 26.3 Å². The number of ether oxygens (including phenoxy) is 1. The van der Waals surface area contributed by atoms with Gasteiger partial charge >= 0.3 is 5.97 Å². The Hall–Kier alpha value is -2.35. The van der Waals surface area contributed by atoms with Crippen LogP contribution < -0.4 is 0 Å². The van der Waals surface area contributed by atoms with Crippen LogP contribution in [0.15, 0.2) is 36.4 Å². The standard InChI is InChI=1S/C32H44O2/c1-9-10-11-12-13-14-26-20-28-29(32(6,7)23(3)31(28,4)5)21-27(26)22(2)19-24-15-17-25(18-16-24)30(33)34-8/h15-21,23H,9-14H2,1-8H3. The molecule has 0 aliphatic heterocycles. The van der Waals surface area contributed by atoms with Gasteiger partial charge in [-0.3, -0.25) is 0 Å². The Kier molecular flexibility index (Phi) is 8.11. The molecule has 2 aromatic rings. The van der Waals surface area contributed by atoms with Gasteiger partial charge in [0.1, 0.15) is 0 Å². The summed E-state index contributed by atoms with van der Waals surface area (Å²) in [6.07, 6.45) is 9.86. The van der Waals surface area contributed by atoms with Crippen LogP contribution in [0.3, 0.4) is 0 Å². The Morgan fingerprint density at radius 3 is 2.12 bits per heavy atom. The van der Waals surface area contributed by atoms with Crippen LogP contribution in [0, 0.1) is 5.92 Å². The Bertz CT molecular complexity index is 1040. The number of methoxy groups -OCH3 is 1. The minimum absolute atomic E-state index is 0.148. The summed E-state index contributed by atoms with van der Waals surface area (Å²) >= 11 is 0. The number of carbonyl (C=O) groups excluding carboxylic acids is 1. The number of hydrogen-bond acceptors (Lipinski definition) is 2. The minimum Gasteiger partial charge on any atom is -0.465 e. The third-order valence-electron chi connectivity index (χ3n) is 8.49. The predicted molar refractivity (Wildman–Crippen MR) is 145 cm³/mol. The Balaban J connectivity index is 2.01. The normalized spacial score (nSPS) is 18.6. The zero-order valence-corrected chi connectivity index (χ0v) is 22.7. The van der Waals surface area contributed by atoms with Crippen LogP contribution in [-0.2, 0) is 22.0 Å². The lowest BCUT2D eigenvalue weighted by Crippen LogP contribution is -2.30. The number of rotatable bonds is 9. The molecule has 0 amide bonds. The lowest BCUT2D eigenvalue weighted by atomic mass is 9.71. The van der Waals surface area contributed by atoms with Crippen molar-refractivity contribution < 1.29 is 9.53 Å². The van der Waals surface area contributed by atoms with Crippen molar-refractivity contribution >= 4 is 17.6 Å². The third kappa shape index (κ3) is 5.16. The number of esters is 1. The van der Waals surface area contributed by atoms with Crippen LogP contribution >= 0.6 is 0 Å². The zero-order valence-electron chi connectivity index (χ0n) is 22.7. The van der Waals surface area contributed by atoms with Crippen molar-refractivity contribution in [2.24, 2.45) is 5.92 Å². The molecule has 1 atom stereocenters. The number of hydrogen-bond donors (Lipinski definition) is 0. The summed E-state index contributed by atoms with van der Waals surface area (Å²) in [7, 11) is 1.42. The van der Waals surface area contributed by atoms with E-state index in [-0.39, 0.29) is 16.8 Å². The van der Waals surface area contributed by atoms with Crippen LogP contribution in [0.1, 0.15) is 119 Å². The molecule has 0 saturated heterocycles. The molecule has 0 bridgehead atoms. The molecule has 0 fully saturated rings. The first-order valence-corrected chi connectivity index (χ1v) is 13.1. The van der Waals surface area contributed by atoms with E-state index in [1.54, 1.807) is 0 Å². The second-order valence-electron chi connectivity index (χ2n) is 11.3. The molecule has 2 aromatic carbocycles. The van der Waals surface area contributed by atoms with E-state index in [1.165, 1.54) is 67.0 Å². The summed E-state index contributed by atoms with van der Waals surface area (Å²) in [6, 6.07) is 12.7. The molecule has 34 heavy (non-hydrogen) atoms. The van der Waals surface area contributed by atoms with Gasteiger partial charge in [0.05, 0.1) is 12.7 Å². The van der Waals surface area contributed by atoms with Gasteiger partial charge in [0.25, 0.3) is 0 Å². The highest BCUT2D eigenvalue weighted by molar-refractivity contribution is 5.90. The average molecular weight is 461 g/mol. The lowest BCUT2D eigenvalue weighted by molar-refractivity contribution is 0.0600. The number of fused-ring (bicyclic) bond motifs is 1. The number of benzene rings is 2. The molecule has 1 aliphatic rings. The van der Waals surface area contributed by atoms with Crippen LogP contribution in [-0.4, -0.2) is 13.1 Å². The SMILES string of the molecule is CCCCCCCc1cc2c(cc1C(C)=Cc1ccc(C(=O)OC)cc1)C(C)(C)C(C)C2(C)C. The highest BCUT2D eigenvalue weighted by Crippen LogP contribution is 2.54. The fourth-order valence-electron chi connectivity index (χ4n) is 5.73. The number of carbonyl (C=O) groups is 1. The summed E-state index contributed by atoms with van der Waals surface area (Å²) in [5.74, 6) is 0.285. The van der Waals surface area contributed by atoms with E-state index in [1.807, 2.05) is 24.3 Å². The minimum atomic E-state index is -0.296. The zero-order chi connectivity index (χ0) is 25.1. The third-order valence-corrected chi connectivity index (χ3v) is 8.49. The van der Waals surface area contributed by atoms with Crippen LogP contribution in [0.4, 0.5) is 0 Å². The summed E-state index contributed by atoms with van der Waals surface area (Å²) in [5, 5.41) is 0. The maximum absolute atomic E-state index is 11.8. The molecule has 2 heteroatoms. The van der Waals surface area contributed by atoms with Crippen LogP contribution in [0.2, 0.25) is 0 Å². The van der Waals surface area contributed by atoms with Gasteiger partial charge in [-0.25, -0.2) is 4.79 Å². The second-order valence-corrected chi connectivity index (χ2v) is 11.3. The van der Waals surface area contributed by atoms with Crippen LogP contribution in [0.25, 0.3) is 11.6 Å². The molecule has 0 saturated carbocycles. The van der Waals surface area contributed by atoms with Crippen molar-refractivity contribution in [3.8, 4) is 0 Å². The molecule has 3 rings (SSSR count). The van der Waals surface area contributed by atoms with Crippen molar-refractivity contribution in [1.29, 1.82) is 0 Å². The molecular weight excluding hydrogens is 416 g/mol. The van der Waals surface area contributed by atoms with E-state index in [0.29, 0.717) is 11.5 Å². The summed E-state index contributed by atoms with van der Waals surface area (Å²) in [5.41, 5.74) is 9.19. The maximum atomic E-state index is 11.8. The molecule has 184 valence electrons. The van der Waals surface area contributed by atoms with Gasteiger partial charge in [-0.2, -0.15) is 0 Å². The molecule has 0 aromatic heterocycles. The molecule has 0 spiro atoms. The Labute approximate surface area is 207 Å². The fraction of sp³-hybridized carbons (Fsp3) is 0.531. The van der Waals surface area contributed by atoms with E-state index in [2.05, 4.69) is 66.7 Å². The number of allylic oxidation sites excluding steroid dienone is 1. The number of unbranched alkanes of at least 4 members (excludes halogenated alkanes) is 4. The van der Waals surface area contributed by atoms with Crippen molar-refractivity contribution in [2.45, 2.75) is 97.8 Å². The molecule has 0 N–H and O–H groups in total. The van der Waals surface area contributed by atoms with E-state index in [0.717, 1.165) is 12.0 Å². The van der Waals surface area contributed by atoms with Gasteiger partial charge in [-0.05, 0) is 82.0 Å². The highest BCUT2D eigenvalue weighted by Gasteiger charge is 2.48. The Morgan fingerprint density at radius 2 is 1.53 bits per heavy atom. The lowest BCUT2D eigenvalue weighted by Gasteiger charge is -2.32. The van der Waals surface area contributed by atoms with Crippen LogP contribution in [0.5, 0.6) is 0 Å². The van der Waals surface area contributed by atoms with E-state index in [4.69, 9.17) is 4.74 Å². The smallest absolute Gasteiger partial charge is 0.337 e. The molecule has 0 radical (unpaired) electrons. The first-order chi connectivity index (χ1) is 16.0. The van der Waals surface area contributed by atoms with E-state index < -0.39 is 0 Å². The maximum Gasteiger partial charge on any atom is 0.337 e. The highest BCUT2D eigenvalue weighted by atomic mass is 16.5. The molecular formula is C32H44O2. The van der Waals surface area contributed by atoms with Gasteiger partial charge in [-0.15, -0.1) is 0 Å². The average Bonchev–Trinajstić information content (AvgIpc) is 2.95. The number of aryl methyl sites for hydroxylation is 1. The molecule has 1 aliphatic carbocycles. The summed E-state index contributed by atoms with van der Waals surface area (Å²) < 4.78 is 4.84. The first-order valence-electron chi connectivity index (χ1n) is 13.1. The van der Waals surface area contributed by atoms with Gasteiger partial charge in [0.2, 0.25) is 0 Å². The van der Waals surface area contributed by atoms with Crippen molar-refractivity contribution in [3.63, 3.8) is 0 Å². The van der Waals surface area contributed by atoms with Gasteiger partial charge in [0.15, 0.2) is 0 Å². The van der Waals surface area contributed by atoms with Crippen molar-refractivity contribution in [2.75, 3.05) is 7.11 Å². The fourth-order valence-corrected chi connectivity index (χ4v) is 5.73. The summed E-state index contributed by atoms with van der Waals surface area (Å²) in [6.45, 7) is 16.6. The predicted octanol–water partition coefficient (Wildman–Crippen LogP) is 8.75.